The molecule has 4 rings (SSSR count). The second-order valence-electron chi connectivity index (χ2n) is 9.67. The minimum Gasteiger partial charge on any atom is -0.461 e. The van der Waals surface area contributed by atoms with Crippen LogP contribution in [-0.2, 0) is 4.74 Å². The summed E-state index contributed by atoms with van der Waals surface area (Å²) in [7, 11) is 1.64. The number of nitrogens with one attached hydrogen (secondary N) is 1. The molecule has 0 unspecified atom stereocenters. The van der Waals surface area contributed by atoms with Gasteiger partial charge in [0, 0.05) is 61.4 Å². The van der Waals surface area contributed by atoms with Gasteiger partial charge in [-0.05, 0) is 49.4 Å². The molecule has 0 atom stereocenters. The van der Waals surface area contributed by atoms with E-state index in [1.165, 1.54) is 6.07 Å². The Labute approximate surface area is 232 Å². The number of aromatic nitrogens is 3. The Morgan fingerprint density at radius 2 is 1.93 bits per heavy atom. The van der Waals surface area contributed by atoms with Crippen LogP contribution in [0.15, 0.2) is 41.7 Å². The highest BCUT2D eigenvalue weighted by Gasteiger charge is 2.25. The van der Waals surface area contributed by atoms with Crippen LogP contribution in [-0.4, -0.2) is 53.4 Å². The summed E-state index contributed by atoms with van der Waals surface area (Å²) in [6.07, 6.45) is 4.81. The van der Waals surface area contributed by atoms with Crippen LogP contribution in [0.1, 0.15) is 49.7 Å². The maximum atomic E-state index is 14.7. The molecule has 1 aliphatic heterocycles. The first-order valence-electron chi connectivity index (χ1n) is 13.1. The Bertz CT molecular complexity index is 1440. The van der Waals surface area contributed by atoms with Crippen LogP contribution in [0.4, 0.5) is 26.2 Å². The van der Waals surface area contributed by atoms with Gasteiger partial charge < -0.3 is 15.0 Å². The van der Waals surface area contributed by atoms with Gasteiger partial charge in [0.25, 0.3) is 0 Å². The number of rotatable bonds is 8. The lowest BCUT2D eigenvalue weighted by molar-refractivity contribution is 0.0519. The average Bonchev–Trinajstić information content (AvgIpc) is 2.95. The lowest BCUT2D eigenvalue weighted by Gasteiger charge is -2.29. The molecule has 208 valence electrons. The van der Waals surface area contributed by atoms with Gasteiger partial charge in [-0.2, -0.15) is 5.26 Å². The van der Waals surface area contributed by atoms with Gasteiger partial charge in [-0.1, -0.05) is 13.8 Å². The predicted molar refractivity (Wildman–Crippen MR) is 149 cm³/mol. The Morgan fingerprint density at radius 3 is 2.50 bits per heavy atom. The van der Waals surface area contributed by atoms with Crippen molar-refractivity contribution in [1.82, 2.24) is 15.0 Å². The summed E-state index contributed by atoms with van der Waals surface area (Å²) < 4.78 is 33.5. The van der Waals surface area contributed by atoms with Gasteiger partial charge in [0.05, 0.1) is 18.4 Å². The number of nitriles is 1. The molecule has 0 saturated carbocycles. The van der Waals surface area contributed by atoms with Crippen molar-refractivity contribution in [3.63, 3.8) is 0 Å². The highest BCUT2D eigenvalue weighted by molar-refractivity contribution is 6.11. The van der Waals surface area contributed by atoms with Crippen molar-refractivity contribution in [3.05, 3.63) is 59.6 Å². The largest absolute Gasteiger partial charge is 0.461 e. The molecular formula is C29H31F2N7O2. The fourth-order valence-corrected chi connectivity index (χ4v) is 4.64. The number of anilines is 3. The molecule has 0 aliphatic carbocycles. The smallest absolute Gasteiger partial charge is 0.357 e. The van der Waals surface area contributed by atoms with E-state index in [-0.39, 0.29) is 35.6 Å². The highest BCUT2D eigenvalue weighted by atomic mass is 19.1. The van der Waals surface area contributed by atoms with Crippen molar-refractivity contribution in [2.24, 2.45) is 16.8 Å². The van der Waals surface area contributed by atoms with E-state index in [9.17, 15) is 18.8 Å². The number of aliphatic imine (C=N–C) groups is 1. The second kappa shape index (κ2) is 12.6. The third-order valence-corrected chi connectivity index (χ3v) is 6.64. The third kappa shape index (κ3) is 6.22. The Hall–Kier alpha value is -4.46. The molecule has 11 heteroatoms. The first-order valence-corrected chi connectivity index (χ1v) is 13.1. The zero-order valence-corrected chi connectivity index (χ0v) is 22.9. The normalized spacial score (nSPS) is 14.2. The summed E-state index contributed by atoms with van der Waals surface area (Å²) in [6.45, 7) is 7.11. The van der Waals surface area contributed by atoms with Crippen molar-refractivity contribution < 1.29 is 18.3 Å². The standard InChI is InChI=1S/C29H31F2N7O2/c1-5-40-28(39)24-13-21(19-15-34-29(35-16-19)38-10-8-18(14-32)9-11-38)25(26(33-4)17(2)3)27(37-24)36-23-7-6-20(30)12-22(23)31/h6-7,12-13,15-18H,5,8-11H2,1-4H3,(H,36,37). The quantitative estimate of drug-likeness (QED) is 0.288. The lowest BCUT2D eigenvalue weighted by atomic mass is 9.92. The summed E-state index contributed by atoms with van der Waals surface area (Å²) in [5, 5.41) is 12.1. The molecule has 3 heterocycles. The Morgan fingerprint density at radius 1 is 1.23 bits per heavy atom. The van der Waals surface area contributed by atoms with Crippen LogP contribution < -0.4 is 10.2 Å². The van der Waals surface area contributed by atoms with Crippen LogP contribution in [0, 0.1) is 34.8 Å². The molecule has 1 N–H and O–H groups in total. The number of ether oxygens (including phenoxy) is 1. The average molecular weight is 548 g/mol. The zero-order chi connectivity index (χ0) is 28.8. The maximum Gasteiger partial charge on any atom is 0.357 e. The van der Waals surface area contributed by atoms with Crippen molar-refractivity contribution in [3.8, 4) is 17.2 Å². The zero-order valence-electron chi connectivity index (χ0n) is 22.9. The van der Waals surface area contributed by atoms with Gasteiger partial charge in [0.1, 0.15) is 17.5 Å². The Balaban J connectivity index is 1.85. The first-order chi connectivity index (χ1) is 19.2. The number of carbonyl (C=O) groups is 1. The molecule has 1 aromatic carbocycles. The van der Waals surface area contributed by atoms with Crippen molar-refractivity contribution in [2.45, 2.75) is 33.6 Å². The molecule has 0 amide bonds. The fourth-order valence-electron chi connectivity index (χ4n) is 4.64. The molecular weight excluding hydrogens is 516 g/mol. The van der Waals surface area contributed by atoms with Crippen LogP contribution in [0.3, 0.4) is 0 Å². The second-order valence-corrected chi connectivity index (χ2v) is 9.67. The van der Waals surface area contributed by atoms with Gasteiger partial charge in [-0.15, -0.1) is 0 Å². The van der Waals surface area contributed by atoms with Crippen LogP contribution in [0.25, 0.3) is 11.1 Å². The monoisotopic (exact) mass is 547 g/mol. The number of piperidine rings is 1. The number of hydrogen-bond acceptors (Lipinski definition) is 9. The number of benzene rings is 1. The van der Waals surface area contributed by atoms with Gasteiger partial charge >= 0.3 is 5.97 Å². The molecule has 0 radical (unpaired) electrons. The molecule has 1 fully saturated rings. The minimum atomic E-state index is -0.816. The van der Waals surface area contributed by atoms with Gasteiger partial charge in [0.2, 0.25) is 5.95 Å². The number of nitrogens with zero attached hydrogens (tertiary/aromatic N) is 6. The molecule has 0 spiro atoms. The maximum absolute atomic E-state index is 14.7. The lowest BCUT2D eigenvalue weighted by Crippen LogP contribution is -2.34. The minimum absolute atomic E-state index is 0.00696. The molecule has 1 saturated heterocycles. The van der Waals surface area contributed by atoms with E-state index in [1.807, 2.05) is 18.7 Å². The number of esters is 1. The number of pyridine rings is 1. The summed E-state index contributed by atoms with van der Waals surface area (Å²) in [4.78, 5) is 33.0. The SMILES string of the molecule is CCOC(=O)c1cc(-c2cnc(N3CCC(C#N)CC3)nc2)c(C(=NC)C(C)C)c(Nc2ccc(F)cc2F)n1. The summed E-state index contributed by atoms with van der Waals surface area (Å²) in [5.74, 6) is -1.53. The van der Waals surface area contributed by atoms with E-state index in [0.29, 0.717) is 41.4 Å². The van der Waals surface area contributed by atoms with E-state index in [4.69, 9.17) is 4.74 Å². The first kappa shape index (κ1) is 28.5. The van der Waals surface area contributed by atoms with Gasteiger partial charge in [-0.25, -0.2) is 28.5 Å². The van der Waals surface area contributed by atoms with E-state index < -0.39 is 17.6 Å². The van der Waals surface area contributed by atoms with Crippen molar-refractivity contribution >= 4 is 29.1 Å². The van der Waals surface area contributed by atoms with Crippen LogP contribution >= 0.6 is 0 Å². The van der Waals surface area contributed by atoms with Crippen LogP contribution in [0.2, 0.25) is 0 Å². The van der Waals surface area contributed by atoms with E-state index in [2.05, 4.69) is 31.3 Å². The van der Waals surface area contributed by atoms with Gasteiger partial charge in [0.15, 0.2) is 5.69 Å². The summed E-state index contributed by atoms with van der Waals surface area (Å²) >= 11 is 0. The molecule has 3 aromatic rings. The number of halogens is 2. The fraction of sp³-hybridized carbons (Fsp3) is 0.379. The predicted octanol–water partition coefficient (Wildman–Crippen LogP) is 5.55. The van der Waals surface area contributed by atoms with E-state index >= 15 is 0 Å². The van der Waals surface area contributed by atoms with Crippen LogP contribution in [0.5, 0.6) is 0 Å². The molecule has 9 nitrogen and oxygen atoms in total. The van der Waals surface area contributed by atoms with E-state index in [1.54, 1.807) is 32.4 Å². The highest BCUT2D eigenvalue weighted by Crippen LogP contribution is 2.34. The van der Waals surface area contributed by atoms with Crippen molar-refractivity contribution in [2.75, 3.05) is 37.0 Å². The van der Waals surface area contributed by atoms with Crippen molar-refractivity contribution in [1.29, 1.82) is 5.26 Å². The number of carbonyl (C=O) groups excluding carboxylic acids is 1. The summed E-state index contributed by atoms with van der Waals surface area (Å²) in [6, 6.07) is 7.06. The molecule has 40 heavy (non-hydrogen) atoms. The van der Waals surface area contributed by atoms with Gasteiger partial charge in [-0.3, -0.25) is 4.99 Å². The third-order valence-electron chi connectivity index (χ3n) is 6.64. The molecule has 2 aromatic heterocycles. The van der Waals surface area contributed by atoms with E-state index in [0.717, 1.165) is 25.0 Å². The Kier molecular flexibility index (Phi) is 8.99. The number of hydrogen-bond donors (Lipinski definition) is 1. The topological polar surface area (TPSA) is 116 Å². The summed E-state index contributed by atoms with van der Waals surface area (Å²) in [5.41, 5.74) is 2.28. The molecule has 0 bridgehead atoms. The molecule has 1 aliphatic rings.